The lowest BCUT2D eigenvalue weighted by molar-refractivity contribution is 0.0159. The quantitative estimate of drug-likeness (QED) is 0.690. The average molecular weight is 173 g/mol. The minimum absolute atomic E-state index is 0.492. The number of aromatic nitrogens is 1. The molecule has 0 amide bonds. The molecule has 0 aliphatic carbocycles. The average Bonchev–Trinajstić information content (AvgIpc) is 1.83. The molecule has 0 aliphatic rings. The first-order chi connectivity index (χ1) is 5.41. The standard InChI is InChI=1S/C8H9F2NO/c1-5-3-4-6(7(12)11-5)8(2,9)10/h3-4H,1-2H3,(H,11,12). The minimum atomic E-state index is -3.07. The predicted molar refractivity (Wildman–Crippen MR) is 41.4 cm³/mol. The van der Waals surface area contributed by atoms with Crippen molar-refractivity contribution in [3.63, 3.8) is 0 Å². The fraction of sp³-hybridized carbons (Fsp3) is 0.375. The molecule has 1 aromatic rings. The Morgan fingerprint density at radius 1 is 1.42 bits per heavy atom. The second-order valence-corrected chi connectivity index (χ2v) is 2.77. The van der Waals surface area contributed by atoms with Gasteiger partial charge in [0, 0.05) is 12.6 Å². The van der Waals surface area contributed by atoms with Crippen molar-refractivity contribution in [2.45, 2.75) is 19.8 Å². The fourth-order valence-corrected chi connectivity index (χ4v) is 0.918. The van der Waals surface area contributed by atoms with Crippen LogP contribution in [0.2, 0.25) is 0 Å². The zero-order valence-corrected chi connectivity index (χ0v) is 6.82. The van der Waals surface area contributed by atoms with E-state index in [2.05, 4.69) is 4.98 Å². The summed E-state index contributed by atoms with van der Waals surface area (Å²) in [6, 6.07) is 2.60. The van der Waals surface area contributed by atoms with Crippen molar-refractivity contribution in [1.82, 2.24) is 4.98 Å². The summed E-state index contributed by atoms with van der Waals surface area (Å²) >= 11 is 0. The largest absolute Gasteiger partial charge is 0.326 e. The molecule has 12 heavy (non-hydrogen) atoms. The van der Waals surface area contributed by atoms with Crippen LogP contribution in [0.5, 0.6) is 0 Å². The van der Waals surface area contributed by atoms with Gasteiger partial charge in [0.2, 0.25) is 0 Å². The highest BCUT2D eigenvalue weighted by Gasteiger charge is 2.27. The van der Waals surface area contributed by atoms with Gasteiger partial charge in [0.1, 0.15) is 0 Å². The van der Waals surface area contributed by atoms with Crippen LogP contribution in [0, 0.1) is 6.92 Å². The van der Waals surface area contributed by atoms with E-state index < -0.39 is 17.0 Å². The Labute approximate surface area is 68.2 Å². The molecule has 0 saturated carbocycles. The van der Waals surface area contributed by atoms with Gasteiger partial charge in [-0.2, -0.15) is 0 Å². The lowest BCUT2D eigenvalue weighted by atomic mass is 10.1. The summed E-state index contributed by atoms with van der Waals surface area (Å²) < 4.78 is 25.3. The summed E-state index contributed by atoms with van der Waals surface area (Å²) in [6.07, 6.45) is 0. The van der Waals surface area contributed by atoms with E-state index in [1.165, 1.54) is 6.07 Å². The SMILES string of the molecule is Cc1ccc(C(C)(F)F)c(=O)[nH]1. The number of aromatic amines is 1. The van der Waals surface area contributed by atoms with Crippen LogP contribution in [-0.4, -0.2) is 4.98 Å². The van der Waals surface area contributed by atoms with E-state index in [0.717, 1.165) is 6.07 Å². The number of hydrogen-bond donors (Lipinski definition) is 1. The van der Waals surface area contributed by atoms with Gasteiger partial charge in [0.05, 0.1) is 5.56 Å². The van der Waals surface area contributed by atoms with E-state index in [4.69, 9.17) is 0 Å². The fourth-order valence-electron chi connectivity index (χ4n) is 0.918. The number of alkyl halides is 2. The van der Waals surface area contributed by atoms with Crippen molar-refractivity contribution in [2.75, 3.05) is 0 Å². The first-order valence-corrected chi connectivity index (χ1v) is 3.49. The van der Waals surface area contributed by atoms with Crippen LogP contribution in [-0.2, 0) is 5.92 Å². The van der Waals surface area contributed by atoms with E-state index in [-0.39, 0.29) is 0 Å². The number of halogens is 2. The Bertz CT molecular complexity index is 338. The molecule has 0 radical (unpaired) electrons. The monoisotopic (exact) mass is 173 g/mol. The molecule has 0 aromatic carbocycles. The maximum absolute atomic E-state index is 12.6. The highest BCUT2D eigenvalue weighted by molar-refractivity contribution is 5.17. The topological polar surface area (TPSA) is 32.9 Å². The molecule has 66 valence electrons. The Morgan fingerprint density at radius 3 is 2.42 bits per heavy atom. The van der Waals surface area contributed by atoms with Crippen molar-refractivity contribution in [3.8, 4) is 0 Å². The zero-order valence-electron chi connectivity index (χ0n) is 6.82. The number of rotatable bonds is 1. The number of pyridine rings is 1. The van der Waals surface area contributed by atoms with Crippen LogP contribution in [0.4, 0.5) is 8.78 Å². The van der Waals surface area contributed by atoms with Crippen LogP contribution in [0.1, 0.15) is 18.2 Å². The van der Waals surface area contributed by atoms with Gasteiger partial charge in [0.25, 0.3) is 11.5 Å². The number of aryl methyl sites for hydroxylation is 1. The highest BCUT2D eigenvalue weighted by atomic mass is 19.3. The van der Waals surface area contributed by atoms with Crippen molar-refractivity contribution in [1.29, 1.82) is 0 Å². The van der Waals surface area contributed by atoms with Crippen LogP contribution in [0.25, 0.3) is 0 Å². The van der Waals surface area contributed by atoms with E-state index in [1.54, 1.807) is 6.92 Å². The molecule has 0 atom stereocenters. The molecular weight excluding hydrogens is 164 g/mol. The summed E-state index contributed by atoms with van der Waals surface area (Å²) in [6.45, 7) is 2.34. The van der Waals surface area contributed by atoms with Crippen LogP contribution < -0.4 is 5.56 Å². The van der Waals surface area contributed by atoms with Crippen molar-refractivity contribution in [3.05, 3.63) is 33.7 Å². The molecule has 4 heteroatoms. The smallest absolute Gasteiger partial charge is 0.275 e. The Balaban J connectivity index is 3.29. The number of nitrogens with one attached hydrogen (secondary N) is 1. The summed E-state index contributed by atoms with van der Waals surface area (Å²) in [7, 11) is 0. The molecule has 1 heterocycles. The molecule has 0 unspecified atom stereocenters. The van der Waals surface area contributed by atoms with Crippen molar-refractivity contribution < 1.29 is 8.78 Å². The Hall–Kier alpha value is -1.19. The maximum atomic E-state index is 12.6. The Morgan fingerprint density at radius 2 is 2.00 bits per heavy atom. The van der Waals surface area contributed by atoms with Crippen LogP contribution in [0.3, 0.4) is 0 Å². The van der Waals surface area contributed by atoms with Gasteiger partial charge in [-0.05, 0) is 19.1 Å². The number of hydrogen-bond acceptors (Lipinski definition) is 1. The summed E-state index contributed by atoms with van der Waals surface area (Å²) in [4.78, 5) is 13.3. The summed E-state index contributed by atoms with van der Waals surface area (Å²) in [5.41, 5.74) is -0.636. The van der Waals surface area contributed by atoms with Crippen LogP contribution in [0.15, 0.2) is 16.9 Å². The molecule has 2 nitrogen and oxygen atoms in total. The Kier molecular flexibility index (Phi) is 2.00. The van der Waals surface area contributed by atoms with E-state index >= 15 is 0 Å². The predicted octanol–water partition coefficient (Wildman–Crippen LogP) is 1.80. The normalized spacial score (nSPS) is 11.7. The summed E-state index contributed by atoms with van der Waals surface area (Å²) in [5, 5.41) is 0. The van der Waals surface area contributed by atoms with E-state index in [0.29, 0.717) is 12.6 Å². The lowest BCUT2D eigenvalue weighted by Gasteiger charge is -2.08. The van der Waals surface area contributed by atoms with E-state index in [1.807, 2.05) is 0 Å². The maximum Gasteiger partial charge on any atom is 0.275 e. The minimum Gasteiger partial charge on any atom is -0.326 e. The molecule has 0 fully saturated rings. The summed E-state index contributed by atoms with van der Waals surface area (Å²) in [5.74, 6) is -3.07. The third-order valence-corrected chi connectivity index (χ3v) is 1.53. The zero-order chi connectivity index (χ0) is 9.35. The van der Waals surface area contributed by atoms with Gasteiger partial charge >= 0.3 is 0 Å². The van der Waals surface area contributed by atoms with Gasteiger partial charge < -0.3 is 4.98 Å². The van der Waals surface area contributed by atoms with E-state index in [9.17, 15) is 13.6 Å². The van der Waals surface area contributed by atoms with Gasteiger partial charge in [-0.3, -0.25) is 4.79 Å². The molecule has 1 N–H and O–H groups in total. The first-order valence-electron chi connectivity index (χ1n) is 3.49. The third-order valence-electron chi connectivity index (χ3n) is 1.53. The molecule has 0 bridgehead atoms. The molecule has 1 aromatic heterocycles. The number of H-pyrrole nitrogens is 1. The molecular formula is C8H9F2NO. The second kappa shape index (κ2) is 2.69. The third kappa shape index (κ3) is 1.69. The first kappa shape index (κ1) is 8.90. The van der Waals surface area contributed by atoms with Crippen LogP contribution >= 0.6 is 0 Å². The highest BCUT2D eigenvalue weighted by Crippen LogP contribution is 2.23. The van der Waals surface area contributed by atoms with Gasteiger partial charge in [0.15, 0.2) is 0 Å². The molecule has 0 aliphatic heterocycles. The molecule has 0 saturated heterocycles. The van der Waals surface area contributed by atoms with Gasteiger partial charge in [-0.15, -0.1) is 0 Å². The van der Waals surface area contributed by atoms with Gasteiger partial charge in [-0.1, -0.05) is 0 Å². The van der Waals surface area contributed by atoms with Crippen molar-refractivity contribution >= 4 is 0 Å². The van der Waals surface area contributed by atoms with Crippen molar-refractivity contribution in [2.24, 2.45) is 0 Å². The van der Waals surface area contributed by atoms with Gasteiger partial charge in [-0.25, -0.2) is 8.78 Å². The lowest BCUT2D eigenvalue weighted by Crippen LogP contribution is -2.22. The second-order valence-electron chi connectivity index (χ2n) is 2.77. The molecule has 0 spiro atoms. The molecule has 1 rings (SSSR count).